The Morgan fingerprint density at radius 1 is 1.55 bits per heavy atom. The molecular weight excluding hydrogens is 164 g/mol. The van der Waals surface area contributed by atoms with Crippen LogP contribution >= 0.6 is 0 Å². The molecule has 0 heterocycles. The Morgan fingerprint density at radius 2 is 2.09 bits per heavy atom. The molecule has 0 aromatic heterocycles. The molecule has 0 aliphatic heterocycles. The highest BCUT2D eigenvalue weighted by Gasteiger charge is 2.25. The van der Waals surface area contributed by atoms with Gasteiger partial charge in [0, 0.05) is 6.26 Å². The van der Waals surface area contributed by atoms with Crippen LogP contribution in [0.3, 0.4) is 0 Å². The number of aliphatic hydroxyl groups excluding tert-OH is 1. The topological polar surface area (TPSA) is 54.4 Å². The van der Waals surface area contributed by atoms with Crippen LogP contribution < -0.4 is 0 Å². The highest BCUT2D eigenvalue weighted by molar-refractivity contribution is 7.90. The fraction of sp³-hybridized carbons (Fsp3) is 1.00. The molecule has 11 heavy (non-hydrogen) atoms. The molecule has 3 nitrogen and oxygen atoms in total. The highest BCUT2D eigenvalue weighted by Crippen LogP contribution is 2.33. The molecule has 0 radical (unpaired) electrons. The first-order valence-electron chi connectivity index (χ1n) is 3.83. The van der Waals surface area contributed by atoms with Crippen molar-refractivity contribution < 1.29 is 13.5 Å². The van der Waals surface area contributed by atoms with Gasteiger partial charge >= 0.3 is 0 Å². The Morgan fingerprint density at radius 3 is 2.45 bits per heavy atom. The maximum absolute atomic E-state index is 10.7. The molecule has 1 N–H and O–H groups in total. The molecular formula is C7H14O3S. The first kappa shape index (κ1) is 9.00. The van der Waals surface area contributed by atoms with Gasteiger partial charge in [-0.2, -0.15) is 0 Å². The van der Waals surface area contributed by atoms with Crippen molar-refractivity contribution in [1.29, 1.82) is 0 Å². The zero-order valence-electron chi connectivity index (χ0n) is 6.66. The molecule has 1 fully saturated rings. The van der Waals surface area contributed by atoms with Gasteiger partial charge in [0.25, 0.3) is 0 Å². The van der Waals surface area contributed by atoms with Crippen LogP contribution in [0.15, 0.2) is 0 Å². The molecule has 1 rings (SSSR count). The van der Waals surface area contributed by atoms with E-state index in [1.54, 1.807) is 0 Å². The summed E-state index contributed by atoms with van der Waals surface area (Å²) in [5.41, 5.74) is 0. The molecule has 0 saturated heterocycles. The van der Waals surface area contributed by atoms with Gasteiger partial charge in [0.05, 0.1) is 11.9 Å². The predicted molar refractivity (Wildman–Crippen MR) is 43.1 cm³/mol. The van der Waals surface area contributed by atoms with Gasteiger partial charge in [-0.05, 0) is 12.3 Å². The summed E-state index contributed by atoms with van der Waals surface area (Å²) in [5.74, 6) is 0.510. The van der Waals surface area contributed by atoms with Crippen LogP contribution in [0.1, 0.15) is 19.3 Å². The summed E-state index contributed by atoms with van der Waals surface area (Å²) < 4.78 is 21.4. The zero-order valence-corrected chi connectivity index (χ0v) is 7.47. The van der Waals surface area contributed by atoms with E-state index in [9.17, 15) is 13.5 Å². The van der Waals surface area contributed by atoms with E-state index >= 15 is 0 Å². The van der Waals surface area contributed by atoms with E-state index < -0.39 is 15.9 Å². The van der Waals surface area contributed by atoms with Crippen LogP contribution in [0, 0.1) is 5.92 Å². The Labute approximate surface area is 67.3 Å². The second kappa shape index (κ2) is 3.11. The summed E-state index contributed by atoms with van der Waals surface area (Å²) in [7, 11) is -2.99. The molecule has 0 bridgehead atoms. The fourth-order valence-corrected chi connectivity index (χ4v) is 1.99. The quantitative estimate of drug-likeness (QED) is 0.668. The zero-order chi connectivity index (χ0) is 8.48. The minimum Gasteiger partial charge on any atom is -0.392 e. The average molecular weight is 178 g/mol. The lowest BCUT2D eigenvalue weighted by Gasteiger charge is -2.06. The van der Waals surface area contributed by atoms with Crippen molar-refractivity contribution in [3.63, 3.8) is 0 Å². The minimum atomic E-state index is -2.99. The Balaban J connectivity index is 2.24. The third-order valence-electron chi connectivity index (χ3n) is 1.80. The number of aliphatic hydroxyl groups is 1. The third-order valence-corrected chi connectivity index (χ3v) is 2.79. The second-order valence-electron chi connectivity index (χ2n) is 3.43. The van der Waals surface area contributed by atoms with Gasteiger partial charge in [0.1, 0.15) is 9.84 Å². The van der Waals surface area contributed by atoms with E-state index in [1.165, 1.54) is 0 Å². The molecule has 1 atom stereocenters. The van der Waals surface area contributed by atoms with Gasteiger partial charge in [-0.3, -0.25) is 0 Å². The smallest absolute Gasteiger partial charge is 0.149 e. The summed E-state index contributed by atoms with van der Waals surface area (Å²) in [4.78, 5) is 0. The molecule has 0 amide bonds. The number of rotatable bonds is 4. The lowest BCUT2D eigenvalue weighted by Crippen LogP contribution is -2.20. The van der Waals surface area contributed by atoms with Crippen molar-refractivity contribution in [3.8, 4) is 0 Å². The van der Waals surface area contributed by atoms with Crippen molar-refractivity contribution >= 4 is 9.84 Å². The van der Waals surface area contributed by atoms with Crippen LogP contribution in [0.4, 0.5) is 0 Å². The van der Waals surface area contributed by atoms with Crippen molar-refractivity contribution in [2.75, 3.05) is 12.0 Å². The van der Waals surface area contributed by atoms with E-state index in [2.05, 4.69) is 0 Å². The largest absolute Gasteiger partial charge is 0.392 e. The molecule has 66 valence electrons. The Bertz CT molecular complexity index is 216. The summed E-state index contributed by atoms with van der Waals surface area (Å²) in [6.45, 7) is 0. The van der Waals surface area contributed by atoms with Crippen LogP contribution in [-0.2, 0) is 9.84 Å². The van der Waals surface area contributed by atoms with Crippen molar-refractivity contribution in [1.82, 2.24) is 0 Å². The molecule has 4 heteroatoms. The van der Waals surface area contributed by atoms with Gasteiger partial charge in [-0.1, -0.05) is 12.8 Å². The molecule has 0 spiro atoms. The van der Waals surface area contributed by atoms with Gasteiger partial charge in [0.15, 0.2) is 0 Å². The van der Waals surface area contributed by atoms with Crippen LogP contribution in [0.2, 0.25) is 0 Å². The van der Waals surface area contributed by atoms with Crippen molar-refractivity contribution in [3.05, 3.63) is 0 Å². The summed E-state index contributed by atoms with van der Waals surface area (Å²) in [6, 6.07) is 0. The fourth-order valence-electron chi connectivity index (χ4n) is 1.16. The monoisotopic (exact) mass is 178 g/mol. The van der Waals surface area contributed by atoms with Crippen LogP contribution in [-0.4, -0.2) is 31.6 Å². The molecule has 1 aliphatic carbocycles. The van der Waals surface area contributed by atoms with E-state index in [0.29, 0.717) is 12.3 Å². The van der Waals surface area contributed by atoms with E-state index in [0.717, 1.165) is 19.1 Å². The van der Waals surface area contributed by atoms with Gasteiger partial charge < -0.3 is 5.11 Å². The first-order valence-corrected chi connectivity index (χ1v) is 5.89. The second-order valence-corrected chi connectivity index (χ2v) is 5.61. The standard InChI is InChI=1S/C7H14O3S/c1-11(9,10)5-7(8)4-6-2-3-6/h6-8H,2-5H2,1H3. The van der Waals surface area contributed by atoms with Crippen molar-refractivity contribution in [2.45, 2.75) is 25.4 Å². The number of sulfone groups is 1. The molecule has 1 unspecified atom stereocenters. The number of hydrogen-bond acceptors (Lipinski definition) is 3. The van der Waals surface area contributed by atoms with E-state index in [1.807, 2.05) is 0 Å². The molecule has 1 saturated carbocycles. The molecule has 0 aromatic rings. The van der Waals surface area contributed by atoms with Gasteiger partial charge in [0.2, 0.25) is 0 Å². The van der Waals surface area contributed by atoms with Crippen LogP contribution in [0.25, 0.3) is 0 Å². The third kappa shape index (κ3) is 4.37. The normalized spacial score (nSPS) is 21.6. The van der Waals surface area contributed by atoms with Gasteiger partial charge in [-0.25, -0.2) is 8.42 Å². The summed E-state index contributed by atoms with van der Waals surface area (Å²) in [5, 5.41) is 9.22. The lowest BCUT2D eigenvalue weighted by atomic mass is 10.2. The van der Waals surface area contributed by atoms with E-state index in [4.69, 9.17) is 0 Å². The first-order chi connectivity index (χ1) is 4.97. The SMILES string of the molecule is CS(=O)(=O)CC(O)CC1CC1. The predicted octanol–water partition coefficient (Wildman–Crippen LogP) is 0.192. The highest BCUT2D eigenvalue weighted by atomic mass is 32.2. The Kier molecular flexibility index (Phi) is 2.54. The van der Waals surface area contributed by atoms with E-state index in [-0.39, 0.29) is 5.75 Å². The minimum absolute atomic E-state index is 0.0799. The van der Waals surface area contributed by atoms with Gasteiger partial charge in [-0.15, -0.1) is 0 Å². The lowest BCUT2D eigenvalue weighted by molar-refractivity contribution is 0.180. The molecule has 0 aromatic carbocycles. The average Bonchev–Trinajstić information content (AvgIpc) is 2.42. The van der Waals surface area contributed by atoms with Crippen LogP contribution in [0.5, 0.6) is 0 Å². The Hall–Kier alpha value is -0.0900. The number of hydrogen-bond donors (Lipinski definition) is 1. The van der Waals surface area contributed by atoms with Crippen molar-refractivity contribution in [2.24, 2.45) is 5.92 Å². The maximum Gasteiger partial charge on any atom is 0.149 e. The molecule has 1 aliphatic rings. The summed E-state index contributed by atoms with van der Waals surface area (Å²) in [6.07, 6.45) is 3.48. The maximum atomic E-state index is 10.7. The summed E-state index contributed by atoms with van der Waals surface area (Å²) >= 11 is 0.